The van der Waals surface area contributed by atoms with Gasteiger partial charge in [-0.2, -0.15) is 0 Å². The topological polar surface area (TPSA) is 3.24 Å². The Kier molecular flexibility index (Phi) is 2.41. The number of alkyl halides is 1. The molecule has 0 N–H and O–H groups in total. The first-order chi connectivity index (χ1) is 5.57. The van der Waals surface area contributed by atoms with Gasteiger partial charge in [-0.15, -0.1) is 0 Å². The molecule has 0 aromatic heterocycles. The Morgan fingerprint density at radius 3 is 2.08 bits per heavy atom. The molecule has 2 atom stereocenters. The molecule has 2 aliphatic rings. The summed E-state index contributed by atoms with van der Waals surface area (Å²) >= 11 is 2.57. The summed E-state index contributed by atoms with van der Waals surface area (Å²) in [4.78, 5) is 2.65. The van der Waals surface area contributed by atoms with Crippen molar-refractivity contribution in [2.75, 3.05) is 13.1 Å². The van der Waals surface area contributed by atoms with Crippen molar-refractivity contribution < 1.29 is 0 Å². The average molecular weight is 279 g/mol. The van der Waals surface area contributed by atoms with Crippen LogP contribution in [0.25, 0.3) is 0 Å². The second kappa shape index (κ2) is 3.12. The van der Waals surface area contributed by atoms with Crippen LogP contribution in [-0.2, 0) is 0 Å². The van der Waals surface area contributed by atoms with Crippen LogP contribution in [0.5, 0.6) is 0 Å². The maximum absolute atomic E-state index is 2.65. The molecule has 0 amide bonds. The quantitative estimate of drug-likeness (QED) is 0.405. The Balaban J connectivity index is 1.99. The maximum Gasteiger partial charge on any atom is 0.0673 e. The van der Waals surface area contributed by atoms with Gasteiger partial charge in [-0.05, 0) is 38.5 Å². The Labute approximate surface area is 89.0 Å². The van der Waals surface area contributed by atoms with Gasteiger partial charge in [-0.25, -0.2) is 0 Å². The van der Waals surface area contributed by atoms with Crippen molar-refractivity contribution in [2.45, 2.75) is 36.7 Å². The molecule has 1 nitrogen and oxygen atoms in total. The smallest absolute Gasteiger partial charge is 0.0673 e. The van der Waals surface area contributed by atoms with Crippen molar-refractivity contribution in [1.82, 2.24) is 4.90 Å². The van der Waals surface area contributed by atoms with Crippen LogP contribution in [0.3, 0.4) is 0 Å². The van der Waals surface area contributed by atoms with Crippen LogP contribution >= 0.6 is 22.6 Å². The maximum atomic E-state index is 2.65. The molecule has 2 heteroatoms. The van der Waals surface area contributed by atoms with Crippen molar-refractivity contribution in [3.8, 4) is 0 Å². The number of hydrogen-bond acceptors (Lipinski definition) is 1. The fraction of sp³-hybridized carbons (Fsp3) is 1.00. The van der Waals surface area contributed by atoms with Gasteiger partial charge in [0.1, 0.15) is 0 Å². The number of rotatable bonds is 1. The fourth-order valence-corrected chi connectivity index (χ4v) is 3.06. The van der Waals surface area contributed by atoms with E-state index in [0.29, 0.717) is 3.55 Å². The van der Waals surface area contributed by atoms with E-state index in [4.69, 9.17) is 0 Å². The van der Waals surface area contributed by atoms with Crippen molar-refractivity contribution in [1.29, 1.82) is 0 Å². The lowest BCUT2D eigenvalue weighted by Crippen LogP contribution is -2.37. The minimum atomic E-state index is 0.377. The molecule has 0 bridgehead atoms. The molecular weight excluding hydrogens is 261 g/mol. The van der Waals surface area contributed by atoms with Gasteiger partial charge < -0.3 is 0 Å². The normalized spacial score (nSPS) is 37.2. The average Bonchev–Trinajstić information content (AvgIpc) is 2.37. The van der Waals surface area contributed by atoms with E-state index in [1.165, 1.54) is 32.4 Å². The van der Waals surface area contributed by atoms with Gasteiger partial charge in [-0.1, -0.05) is 29.0 Å². The summed E-state index contributed by atoms with van der Waals surface area (Å²) in [6.07, 6.45) is 4.48. The largest absolute Gasteiger partial charge is 0.289 e. The van der Waals surface area contributed by atoms with Crippen molar-refractivity contribution in [2.24, 2.45) is 11.8 Å². The third-order valence-electron chi connectivity index (χ3n) is 3.48. The first-order valence-electron chi connectivity index (χ1n) is 5.01. The van der Waals surface area contributed by atoms with Crippen molar-refractivity contribution >= 4 is 22.6 Å². The van der Waals surface area contributed by atoms with E-state index in [-0.39, 0.29) is 0 Å². The summed E-state index contributed by atoms with van der Waals surface area (Å²) < 4.78 is 0.377. The SMILES string of the molecule is CC(C)(I)N1CC2CCCC2C1. The van der Waals surface area contributed by atoms with Crippen LogP contribution in [0.4, 0.5) is 0 Å². The van der Waals surface area contributed by atoms with Crippen LogP contribution in [0.2, 0.25) is 0 Å². The summed E-state index contributed by atoms with van der Waals surface area (Å²) in [5.74, 6) is 2.08. The van der Waals surface area contributed by atoms with E-state index >= 15 is 0 Å². The third-order valence-corrected chi connectivity index (χ3v) is 4.16. The molecule has 2 unspecified atom stereocenters. The van der Waals surface area contributed by atoms with Crippen LogP contribution in [0.1, 0.15) is 33.1 Å². The molecule has 12 heavy (non-hydrogen) atoms. The van der Waals surface area contributed by atoms with Gasteiger partial charge in [0.15, 0.2) is 0 Å². The zero-order valence-electron chi connectivity index (χ0n) is 8.02. The molecule has 1 saturated carbocycles. The minimum Gasteiger partial charge on any atom is -0.289 e. The molecule has 1 heterocycles. The molecule has 0 aromatic rings. The van der Waals surface area contributed by atoms with E-state index in [2.05, 4.69) is 41.3 Å². The molecule has 0 radical (unpaired) electrons. The van der Waals surface area contributed by atoms with Gasteiger partial charge in [0.05, 0.1) is 3.55 Å². The van der Waals surface area contributed by atoms with E-state index in [0.717, 1.165) is 11.8 Å². The predicted molar refractivity (Wildman–Crippen MR) is 60.5 cm³/mol. The fourth-order valence-electron chi connectivity index (χ4n) is 2.67. The molecule has 0 aromatic carbocycles. The number of likely N-dealkylation sites (tertiary alicyclic amines) is 1. The third kappa shape index (κ3) is 1.65. The van der Waals surface area contributed by atoms with E-state index in [1.54, 1.807) is 0 Å². The van der Waals surface area contributed by atoms with E-state index in [1.807, 2.05) is 0 Å². The summed E-state index contributed by atoms with van der Waals surface area (Å²) in [6, 6.07) is 0. The molecule has 70 valence electrons. The highest BCUT2D eigenvalue weighted by Gasteiger charge is 2.40. The second-order valence-electron chi connectivity index (χ2n) is 4.77. The lowest BCUT2D eigenvalue weighted by atomic mass is 10.0. The molecule has 2 fully saturated rings. The number of hydrogen-bond donors (Lipinski definition) is 0. The summed E-state index contributed by atoms with van der Waals surface area (Å²) in [6.45, 7) is 7.38. The number of fused-ring (bicyclic) bond motifs is 1. The highest BCUT2D eigenvalue weighted by molar-refractivity contribution is 14.1. The van der Waals surface area contributed by atoms with Crippen LogP contribution in [0.15, 0.2) is 0 Å². The molecule has 0 spiro atoms. The highest BCUT2D eigenvalue weighted by Crippen LogP contribution is 2.41. The van der Waals surface area contributed by atoms with Crippen LogP contribution in [0, 0.1) is 11.8 Å². The van der Waals surface area contributed by atoms with Gasteiger partial charge in [0.2, 0.25) is 0 Å². The van der Waals surface area contributed by atoms with Gasteiger partial charge >= 0.3 is 0 Å². The summed E-state index contributed by atoms with van der Waals surface area (Å²) in [7, 11) is 0. The Hall–Kier alpha value is 0.690. The first kappa shape index (κ1) is 9.25. The summed E-state index contributed by atoms with van der Waals surface area (Å²) in [5, 5.41) is 0. The molecule has 2 rings (SSSR count). The van der Waals surface area contributed by atoms with Crippen LogP contribution in [-0.4, -0.2) is 21.5 Å². The van der Waals surface area contributed by atoms with E-state index < -0.39 is 0 Å². The van der Waals surface area contributed by atoms with Crippen molar-refractivity contribution in [3.63, 3.8) is 0 Å². The van der Waals surface area contributed by atoms with Crippen molar-refractivity contribution in [3.05, 3.63) is 0 Å². The summed E-state index contributed by atoms with van der Waals surface area (Å²) in [5.41, 5.74) is 0. The Morgan fingerprint density at radius 2 is 1.67 bits per heavy atom. The number of halogens is 1. The highest BCUT2D eigenvalue weighted by atomic mass is 127. The molecular formula is C10H18IN. The minimum absolute atomic E-state index is 0.377. The molecule has 1 aliphatic carbocycles. The second-order valence-corrected chi connectivity index (χ2v) is 7.41. The van der Waals surface area contributed by atoms with Crippen LogP contribution < -0.4 is 0 Å². The monoisotopic (exact) mass is 279 g/mol. The van der Waals surface area contributed by atoms with Gasteiger partial charge in [-0.3, -0.25) is 4.90 Å². The first-order valence-corrected chi connectivity index (χ1v) is 6.09. The molecule has 1 saturated heterocycles. The van der Waals surface area contributed by atoms with E-state index in [9.17, 15) is 0 Å². The predicted octanol–water partition coefficient (Wildman–Crippen LogP) is 2.89. The van der Waals surface area contributed by atoms with Gasteiger partial charge in [0.25, 0.3) is 0 Å². The number of nitrogens with zero attached hydrogens (tertiary/aromatic N) is 1. The van der Waals surface area contributed by atoms with Gasteiger partial charge in [0, 0.05) is 13.1 Å². The Morgan fingerprint density at radius 1 is 1.17 bits per heavy atom. The lowest BCUT2D eigenvalue weighted by Gasteiger charge is -2.30. The zero-order chi connectivity index (χ0) is 8.77. The Bertz CT molecular complexity index is 161. The molecule has 1 aliphatic heterocycles. The standard InChI is InChI=1S/C10H18IN/c1-10(2,11)12-6-8-4-3-5-9(8)7-12/h8-9H,3-7H2,1-2H3. The lowest BCUT2D eigenvalue weighted by molar-refractivity contribution is 0.240. The zero-order valence-corrected chi connectivity index (χ0v) is 10.2.